The molecule has 13 heteroatoms. The van der Waals surface area contributed by atoms with Crippen LogP contribution in [-0.4, -0.2) is 64.0 Å². The van der Waals surface area contributed by atoms with Gasteiger partial charge in [-0.2, -0.15) is 0 Å². The molecule has 0 aliphatic carbocycles. The van der Waals surface area contributed by atoms with E-state index in [4.69, 9.17) is 14.2 Å². The average Bonchev–Trinajstić information content (AvgIpc) is 2.92. The number of hydrogen-bond donors (Lipinski definition) is 1. The second kappa shape index (κ2) is 11.8. The highest BCUT2D eigenvalue weighted by atomic mass is 32.2. The molecule has 1 fully saturated rings. The third-order valence-corrected chi connectivity index (χ3v) is 6.98. The summed E-state index contributed by atoms with van der Waals surface area (Å²) in [5, 5.41) is 12.9. The number of non-ortho nitro benzene ring substituents is 1. The van der Waals surface area contributed by atoms with Crippen LogP contribution >= 0.6 is 11.8 Å². The minimum atomic E-state index is -0.875. The third kappa shape index (κ3) is 6.11. The number of amides is 2. The van der Waals surface area contributed by atoms with Gasteiger partial charge in [-0.3, -0.25) is 29.4 Å². The normalized spacial score (nSPS) is 18.1. The van der Waals surface area contributed by atoms with Gasteiger partial charge in [0, 0.05) is 30.4 Å². The van der Waals surface area contributed by atoms with E-state index >= 15 is 0 Å². The van der Waals surface area contributed by atoms with Crippen molar-refractivity contribution >= 4 is 41.2 Å². The van der Waals surface area contributed by atoms with Crippen molar-refractivity contribution in [3.05, 3.63) is 81.5 Å². The summed E-state index contributed by atoms with van der Waals surface area (Å²) in [6, 6.07) is 13.4. The Balaban J connectivity index is 1.43. The van der Waals surface area contributed by atoms with Crippen LogP contribution in [0.1, 0.15) is 12.5 Å². The molecule has 0 radical (unpaired) electrons. The number of benzene rings is 2. The molecule has 2 aromatic rings. The summed E-state index contributed by atoms with van der Waals surface area (Å²) in [7, 11) is 0. The van der Waals surface area contributed by atoms with Crippen LogP contribution in [0.15, 0.2) is 65.9 Å². The smallest absolute Gasteiger partial charge is 0.355 e. The van der Waals surface area contributed by atoms with Crippen molar-refractivity contribution in [3.63, 3.8) is 0 Å². The summed E-state index contributed by atoms with van der Waals surface area (Å²) in [4.78, 5) is 61.4. The van der Waals surface area contributed by atoms with Crippen LogP contribution in [0.2, 0.25) is 0 Å². The minimum Gasteiger partial charge on any atom is -0.484 e. The second-order valence-electron chi connectivity index (χ2n) is 8.29. The number of hydrogen-bond acceptors (Lipinski definition) is 10. The molecule has 0 saturated carbocycles. The number of rotatable bonds is 10. The predicted molar refractivity (Wildman–Crippen MR) is 134 cm³/mol. The molecule has 2 heterocycles. The number of nitrogens with one attached hydrogen (secondary N) is 1. The van der Waals surface area contributed by atoms with Gasteiger partial charge in [0.15, 0.2) is 6.61 Å². The molecule has 12 nitrogen and oxygen atoms in total. The van der Waals surface area contributed by atoms with E-state index in [0.717, 1.165) is 0 Å². The molecular weight excluding hydrogens is 518 g/mol. The lowest BCUT2D eigenvalue weighted by Gasteiger charge is -2.49. The molecule has 0 bridgehead atoms. The largest absolute Gasteiger partial charge is 0.484 e. The number of esters is 2. The standard InChI is InChI=1S/C25H23N3O9S/c1-15(29)35-12-17-14-38-24-21(26-20(30)13-36-19-5-3-2-4-6-19)23(31)27(24)22(17)25(32)37-11-16-7-9-18(10-8-16)28(33)34/h2-10,21,24H,11-14H2,1H3,(H,26,30)/t21-,24+/m1/s1. The predicted octanol–water partition coefficient (Wildman–Crippen LogP) is 1.93. The van der Waals surface area contributed by atoms with Gasteiger partial charge in [0.05, 0.1) is 4.92 Å². The number of fused-ring (bicyclic) bond motifs is 1. The zero-order valence-corrected chi connectivity index (χ0v) is 21.0. The van der Waals surface area contributed by atoms with E-state index in [0.29, 0.717) is 16.9 Å². The molecule has 198 valence electrons. The summed E-state index contributed by atoms with van der Waals surface area (Å²) >= 11 is 1.31. The molecule has 0 unspecified atom stereocenters. The maximum absolute atomic E-state index is 13.1. The fourth-order valence-electron chi connectivity index (χ4n) is 3.78. The first-order chi connectivity index (χ1) is 18.2. The van der Waals surface area contributed by atoms with Gasteiger partial charge in [0.25, 0.3) is 17.5 Å². The number of nitro benzene ring substituents is 1. The van der Waals surface area contributed by atoms with Crippen LogP contribution in [-0.2, 0) is 35.3 Å². The number of ether oxygens (including phenoxy) is 3. The first-order valence-corrected chi connectivity index (χ1v) is 12.5. The van der Waals surface area contributed by atoms with Crippen molar-refractivity contribution in [1.82, 2.24) is 10.2 Å². The van der Waals surface area contributed by atoms with Gasteiger partial charge in [0.2, 0.25) is 0 Å². The molecule has 2 aromatic carbocycles. The Bertz CT molecular complexity index is 1280. The van der Waals surface area contributed by atoms with Gasteiger partial charge in [-0.1, -0.05) is 18.2 Å². The zero-order chi connectivity index (χ0) is 27.2. The molecule has 2 amide bonds. The summed E-state index contributed by atoms with van der Waals surface area (Å²) in [6.45, 7) is 0.535. The SMILES string of the molecule is CC(=O)OCC1=C(C(=O)OCc2ccc([N+](=O)[O-])cc2)N2C(=O)[C@@H](NC(=O)COc3ccccc3)[C@@H]2SC1. The van der Waals surface area contributed by atoms with E-state index in [9.17, 15) is 29.3 Å². The number of nitro groups is 1. The maximum atomic E-state index is 13.1. The molecule has 2 aliphatic rings. The van der Waals surface area contributed by atoms with Crippen LogP contribution < -0.4 is 10.1 Å². The number of nitrogens with zero attached hydrogens (tertiary/aromatic N) is 2. The van der Waals surface area contributed by atoms with Crippen LogP contribution in [0.5, 0.6) is 5.75 Å². The first-order valence-electron chi connectivity index (χ1n) is 11.4. The third-order valence-electron chi connectivity index (χ3n) is 5.64. The van der Waals surface area contributed by atoms with Crippen molar-refractivity contribution in [2.24, 2.45) is 0 Å². The number of thioether (sulfide) groups is 1. The highest BCUT2D eigenvalue weighted by molar-refractivity contribution is 8.00. The van der Waals surface area contributed by atoms with E-state index in [1.165, 1.54) is 47.9 Å². The van der Waals surface area contributed by atoms with Gasteiger partial charge in [-0.05, 0) is 29.8 Å². The van der Waals surface area contributed by atoms with Gasteiger partial charge in [-0.25, -0.2) is 4.79 Å². The minimum absolute atomic E-state index is 0.0482. The molecule has 38 heavy (non-hydrogen) atoms. The van der Waals surface area contributed by atoms with Gasteiger partial charge < -0.3 is 19.5 Å². The van der Waals surface area contributed by atoms with Crippen molar-refractivity contribution in [3.8, 4) is 5.75 Å². The quantitative estimate of drug-likeness (QED) is 0.204. The van der Waals surface area contributed by atoms with Crippen LogP contribution in [0.25, 0.3) is 0 Å². The van der Waals surface area contributed by atoms with E-state index in [1.54, 1.807) is 24.3 Å². The van der Waals surface area contributed by atoms with Crippen LogP contribution in [0.3, 0.4) is 0 Å². The van der Waals surface area contributed by atoms with E-state index < -0.39 is 40.1 Å². The molecular formula is C25H23N3O9S. The summed E-state index contributed by atoms with van der Waals surface area (Å²) in [5.74, 6) is -1.62. The van der Waals surface area contributed by atoms with Crippen molar-refractivity contribution in [2.75, 3.05) is 19.0 Å². The Morgan fingerprint density at radius 2 is 1.79 bits per heavy atom. The van der Waals surface area contributed by atoms with Crippen LogP contribution in [0.4, 0.5) is 5.69 Å². The fourth-order valence-corrected chi connectivity index (χ4v) is 5.11. The lowest BCUT2D eigenvalue weighted by atomic mass is 10.0. The number of para-hydroxylation sites is 1. The second-order valence-corrected chi connectivity index (χ2v) is 9.39. The molecule has 0 spiro atoms. The lowest BCUT2D eigenvalue weighted by Crippen LogP contribution is -2.71. The zero-order valence-electron chi connectivity index (χ0n) is 20.2. The molecule has 1 saturated heterocycles. The van der Waals surface area contributed by atoms with Crippen molar-refractivity contribution in [1.29, 1.82) is 0 Å². The van der Waals surface area contributed by atoms with Gasteiger partial charge >= 0.3 is 11.9 Å². The van der Waals surface area contributed by atoms with Crippen LogP contribution in [0, 0.1) is 10.1 Å². The Morgan fingerprint density at radius 1 is 1.08 bits per heavy atom. The molecule has 4 rings (SSSR count). The first kappa shape index (κ1) is 26.7. The summed E-state index contributed by atoms with van der Waals surface area (Å²) in [5.41, 5.74) is 0.743. The topological polar surface area (TPSA) is 154 Å². The Morgan fingerprint density at radius 3 is 2.45 bits per heavy atom. The average molecular weight is 542 g/mol. The monoisotopic (exact) mass is 541 g/mol. The fraction of sp³-hybridized carbons (Fsp3) is 0.280. The molecule has 0 aromatic heterocycles. The van der Waals surface area contributed by atoms with Gasteiger partial charge in [-0.15, -0.1) is 11.8 Å². The number of carbonyl (C=O) groups excluding carboxylic acids is 4. The van der Waals surface area contributed by atoms with Crippen molar-refractivity contribution in [2.45, 2.75) is 24.9 Å². The summed E-state index contributed by atoms with van der Waals surface area (Å²) in [6.07, 6.45) is 0. The lowest BCUT2D eigenvalue weighted by molar-refractivity contribution is -0.384. The van der Waals surface area contributed by atoms with E-state index in [1.807, 2.05) is 6.07 Å². The van der Waals surface area contributed by atoms with Crippen molar-refractivity contribution < 1.29 is 38.3 Å². The molecule has 2 aliphatic heterocycles. The Labute approximate surface area is 221 Å². The Kier molecular flexibility index (Phi) is 8.26. The van der Waals surface area contributed by atoms with E-state index in [-0.39, 0.29) is 37.0 Å². The van der Waals surface area contributed by atoms with E-state index in [2.05, 4.69) is 5.32 Å². The number of carbonyl (C=O) groups is 4. The van der Waals surface area contributed by atoms with Gasteiger partial charge in [0.1, 0.15) is 36.1 Å². The summed E-state index contributed by atoms with van der Waals surface area (Å²) < 4.78 is 15.9. The maximum Gasteiger partial charge on any atom is 0.355 e. The molecule has 1 N–H and O–H groups in total. The highest BCUT2D eigenvalue weighted by Gasteiger charge is 2.54. The number of β-lactam (4-membered cyclic amide) rings is 1. The molecule has 2 atom stereocenters. The highest BCUT2D eigenvalue weighted by Crippen LogP contribution is 2.40. The Hall–Kier alpha value is -4.39.